The van der Waals surface area contributed by atoms with Crippen LogP contribution in [0.15, 0.2) is 24.4 Å². The number of aliphatic hydroxyl groups excluding tert-OH is 1. The number of hydrogen-bond donors (Lipinski definition) is 2. The average Bonchev–Trinajstić information content (AvgIpc) is 3.22. The first-order chi connectivity index (χ1) is 12.1. The number of rotatable bonds is 3. The smallest absolute Gasteiger partial charge is 0.227 e. The van der Waals surface area contributed by atoms with E-state index >= 15 is 0 Å². The molecule has 1 aromatic heterocycles. The van der Waals surface area contributed by atoms with Crippen LogP contribution < -0.4 is 0 Å². The highest BCUT2D eigenvalue weighted by molar-refractivity contribution is 5.91. The topological polar surface area (TPSA) is 59.6 Å². The Morgan fingerprint density at radius 3 is 2.76 bits per heavy atom. The van der Waals surface area contributed by atoms with Crippen molar-refractivity contribution in [1.82, 2.24) is 14.8 Å². The summed E-state index contributed by atoms with van der Waals surface area (Å²) in [6.45, 7) is 5.38. The number of aromatic amines is 1. The Morgan fingerprint density at radius 2 is 2.04 bits per heavy atom. The third-order valence-electron chi connectivity index (χ3n) is 5.92. The first-order valence-corrected chi connectivity index (χ1v) is 9.39. The predicted molar refractivity (Wildman–Crippen MR) is 98.5 cm³/mol. The summed E-state index contributed by atoms with van der Waals surface area (Å²) >= 11 is 0. The fourth-order valence-electron chi connectivity index (χ4n) is 4.52. The average molecular weight is 341 g/mol. The molecular formula is C20H27N3O2. The van der Waals surface area contributed by atoms with E-state index in [4.69, 9.17) is 0 Å². The van der Waals surface area contributed by atoms with Gasteiger partial charge >= 0.3 is 0 Å². The van der Waals surface area contributed by atoms with Gasteiger partial charge in [-0.1, -0.05) is 12.1 Å². The minimum Gasteiger partial charge on any atom is -0.391 e. The fraction of sp³-hybridized carbons (Fsp3) is 0.550. The van der Waals surface area contributed by atoms with E-state index in [-0.39, 0.29) is 12.0 Å². The number of amides is 1. The van der Waals surface area contributed by atoms with Crippen LogP contribution in [0, 0.1) is 6.92 Å². The van der Waals surface area contributed by atoms with Crippen molar-refractivity contribution in [2.75, 3.05) is 26.2 Å². The highest BCUT2D eigenvalue weighted by Gasteiger charge is 2.33. The molecule has 1 saturated carbocycles. The van der Waals surface area contributed by atoms with Crippen LogP contribution in [0.5, 0.6) is 0 Å². The maximum Gasteiger partial charge on any atom is 0.227 e. The van der Waals surface area contributed by atoms with Gasteiger partial charge in [-0.05, 0) is 43.4 Å². The summed E-state index contributed by atoms with van der Waals surface area (Å²) in [5, 5.41) is 11.3. The van der Waals surface area contributed by atoms with Crippen LogP contribution in [-0.4, -0.2) is 64.1 Å². The number of nitrogens with zero attached hydrogens (tertiary/aromatic N) is 2. The van der Waals surface area contributed by atoms with Crippen LogP contribution in [0.25, 0.3) is 10.9 Å². The van der Waals surface area contributed by atoms with E-state index in [0.29, 0.717) is 12.5 Å². The Labute approximate surface area is 148 Å². The Hall–Kier alpha value is -1.85. The Balaban J connectivity index is 1.39. The van der Waals surface area contributed by atoms with Crippen molar-refractivity contribution < 1.29 is 9.90 Å². The fourth-order valence-corrected chi connectivity index (χ4v) is 4.52. The molecule has 0 spiro atoms. The van der Waals surface area contributed by atoms with E-state index in [0.717, 1.165) is 56.5 Å². The standard InChI is InChI=1S/C20H27N3O2/c1-14-4-2-5-16-20(14)15(13-21-16)12-19(25)23-10-8-22(9-11-23)17-6-3-7-18(17)24/h2,4-5,13,17-18,21,24H,3,6-12H2,1H3. The number of fused-ring (bicyclic) bond motifs is 1. The third kappa shape index (κ3) is 3.18. The van der Waals surface area contributed by atoms with Crippen molar-refractivity contribution in [3.8, 4) is 0 Å². The zero-order valence-corrected chi connectivity index (χ0v) is 14.9. The second-order valence-electron chi connectivity index (χ2n) is 7.47. The summed E-state index contributed by atoms with van der Waals surface area (Å²) in [5.41, 5.74) is 3.40. The predicted octanol–water partition coefficient (Wildman–Crippen LogP) is 2.08. The molecule has 1 aliphatic heterocycles. The first kappa shape index (κ1) is 16.6. The lowest BCUT2D eigenvalue weighted by atomic mass is 10.0. The van der Waals surface area contributed by atoms with Crippen molar-refractivity contribution in [2.45, 2.75) is 44.8 Å². The number of aliphatic hydroxyl groups is 1. The van der Waals surface area contributed by atoms with Crippen LogP contribution in [0.4, 0.5) is 0 Å². The summed E-state index contributed by atoms with van der Waals surface area (Å²) < 4.78 is 0. The normalized spacial score (nSPS) is 25.0. The number of piperazine rings is 1. The summed E-state index contributed by atoms with van der Waals surface area (Å²) in [4.78, 5) is 20.4. The summed E-state index contributed by atoms with van der Waals surface area (Å²) in [7, 11) is 0. The van der Waals surface area contributed by atoms with Crippen LogP contribution >= 0.6 is 0 Å². The van der Waals surface area contributed by atoms with Gasteiger partial charge < -0.3 is 15.0 Å². The van der Waals surface area contributed by atoms with Crippen molar-refractivity contribution in [3.05, 3.63) is 35.5 Å². The van der Waals surface area contributed by atoms with Crippen LogP contribution in [0.2, 0.25) is 0 Å². The molecule has 2 aromatic rings. The minimum absolute atomic E-state index is 0.184. The molecule has 2 N–H and O–H groups in total. The van der Waals surface area contributed by atoms with Crippen molar-refractivity contribution in [1.29, 1.82) is 0 Å². The molecule has 2 fully saturated rings. The number of benzene rings is 1. The van der Waals surface area contributed by atoms with Crippen molar-refractivity contribution in [3.63, 3.8) is 0 Å². The molecule has 5 nitrogen and oxygen atoms in total. The van der Waals surface area contributed by atoms with Gasteiger partial charge in [0.25, 0.3) is 0 Å². The van der Waals surface area contributed by atoms with Gasteiger partial charge in [0.1, 0.15) is 0 Å². The number of H-pyrrole nitrogens is 1. The molecule has 2 aliphatic rings. The molecule has 0 radical (unpaired) electrons. The largest absolute Gasteiger partial charge is 0.391 e. The second-order valence-corrected chi connectivity index (χ2v) is 7.47. The molecule has 1 aliphatic carbocycles. The number of carbonyl (C=O) groups excluding carboxylic acids is 1. The molecule has 25 heavy (non-hydrogen) atoms. The molecule has 1 amide bonds. The van der Waals surface area contributed by atoms with Gasteiger partial charge in [-0.2, -0.15) is 0 Å². The van der Waals surface area contributed by atoms with Crippen LogP contribution in [0.1, 0.15) is 30.4 Å². The molecule has 1 saturated heterocycles. The van der Waals surface area contributed by atoms with Gasteiger partial charge in [-0.25, -0.2) is 0 Å². The van der Waals surface area contributed by atoms with Gasteiger partial charge in [0.15, 0.2) is 0 Å². The van der Waals surface area contributed by atoms with Gasteiger partial charge in [0.05, 0.1) is 12.5 Å². The van der Waals surface area contributed by atoms with Gasteiger partial charge in [-0.15, -0.1) is 0 Å². The van der Waals surface area contributed by atoms with E-state index < -0.39 is 0 Å². The van der Waals surface area contributed by atoms with E-state index in [1.807, 2.05) is 17.2 Å². The van der Waals surface area contributed by atoms with E-state index in [1.54, 1.807) is 0 Å². The van der Waals surface area contributed by atoms with Crippen molar-refractivity contribution in [2.24, 2.45) is 0 Å². The number of hydrogen-bond acceptors (Lipinski definition) is 3. The quantitative estimate of drug-likeness (QED) is 0.899. The van der Waals surface area contributed by atoms with Crippen LogP contribution in [-0.2, 0) is 11.2 Å². The Bertz CT molecular complexity index is 761. The second kappa shape index (κ2) is 6.81. The molecule has 4 rings (SSSR count). The Morgan fingerprint density at radius 1 is 1.24 bits per heavy atom. The Kier molecular flexibility index (Phi) is 4.52. The molecular weight excluding hydrogens is 314 g/mol. The SMILES string of the molecule is Cc1cccc2[nH]cc(CC(=O)N3CCN(C4CCCC4O)CC3)c12. The monoisotopic (exact) mass is 341 g/mol. The molecule has 5 heteroatoms. The zero-order valence-electron chi connectivity index (χ0n) is 14.9. The number of aromatic nitrogens is 1. The molecule has 2 unspecified atom stereocenters. The van der Waals surface area contributed by atoms with Crippen molar-refractivity contribution >= 4 is 16.8 Å². The lowest BCUT2D eigenvalue weighted by Gasteiger charge is -2.39. The van der Waals surface area contributed by atoms with E-state index in [1.165, 1.54) is 10.9 Å². The highest BCUT2D eigenvalue weighted by atomic mass is 16.3. The van der Waals surface area contributed by atoms with E-state index in [9.17, 15) is 9.90 Å². The maximum absolute atomic E-state index is 12.8. The lowest BCUT2D eigenvalue weighted by Crippen LogP contribution is -2.53. The third-order valence-corrected chi connectivity index (χ3v) is 5.92. The summed E-state index contributed by atoms with van der Waals surface area (Å²) in [5.74, 6) is 0.204. The molecule has 2 atom stereocenters. The number of aryl methyl sites for hydroxylation is 1. The highest BCUT2D eigenvalue weighted by Crippen LogP contribution is 2.26. The molecule has 134 valence electrons. The lowest BCUT2D eigenvalue weighted by molar-refractivity contribution is -0.132. The molecule has 0 bridgehead atoms. The summed E-state index contributed by atoms with van der Waals surface area (Å²) in [6, 6.07) is 6.49. The molecule has 1 aromatic carbocycles. The summed E-state index contributed by atoms with van der Waals surface area (Å²) in [6.07, 6.45) is 5.37. The maximum atomic E-state index is 12.8. The first-order valence-electron chi connectivity index (χ1n) is 9.39. The molecule has 2 heterocycles. The van der Waals surface area contributed by atoms with Gasteiger partial charge in [0, 0.05) is 49.3 Å². The zero-order chi connectivity index (χ0) is 17.4. The number of carbonyl (C=O) groups is 1. The van der Waals surface area contributed by atoms with Gasteiger partial charge in [-0.3, -0.25) is 9.69 Å². The van der Waals surface area contributed by atoms with E-state index in [2.05, 4.69) is 28.9 Å². The minimum atomic E-state index is -0.184. The van der Waals surface area contributed by atoms with Crippen LogP contribution in [0.3, 0.4) is 0 Å². The number of nitrogens with one attached hydrogen (secondary N) is 1. The van der Waals surface area contributed by atoms with Gasteiger partial charge in [0.2, 0.25) is 5.91 Å².